The van der Waals surface area contributed by atoms with Gasteiger partial charge in [-0.2, -0.15) is 12.6 Å². The Balaban J connectivity index is 2.10. The second-order valence-corrected chi connectivity index (χ2v) is 7.60. The number of piperazine rings is 1. The maximum Gasteiger partial charge on any atom is 0.254 e. The van der Waals surface area contributed by atoms with Crippen LogP contribution in [0.4, 0.5) is 0 Å². The summed E-state index contributed by atoms with van der Waals surface area (Å²) in [7, 11) is 0. The standard InChI is InChI=1S/C20H33N3OS/c1-4-5-8-18-13-23(11-10-22(18)12-17(21)14-25)20(24)19-9-6-7-15(2)16(19)3/h6-7,9,17-18,25H,4-5,8,10-14,21H2,1-3H3/t17-,18?/m1/s1. The summed E-state index contributed by atoms with van der Waals surface area (Å²) in [5.74, 6) is 0.864. The van der Waals surface area contributed by atoms with Crippen LogP contribution in [-0.2, 0) is 0 Å². The molecule has 1 unspecified atom stereocenters. The van der Waals surface area contributed by atoms with Gasteiger partial charge in [-0.15, -0.1) is 0 Å². The summed E-state index contributed by atoms with van der Waals surface area (Å²) < 4.78 is 0. The molecule has 1 aliphatic rings. The fourth-order valence-electron chi connectivity index (χ4n) is 3.54. The van der Waals surface area contributed by atoms with Gasteiger partial charge in [-0.3, -0.25) is 9.69 Å². The summed E-state index contributed by atoms with van der Waals surface area (Å²) in [5, 5.41) is 0. The molecule has 0 aromatic heterocycles. The number of carbonyl (C=O) groups excluding carboxylic acids is 1. The molecule has 0 saturated carbocycles. The first-order valence-corrected chi connectivity index (χ1v) is 10.1. The van der Waals surface area contributed by atoms with Crippen LogP contribution in [-0.4, -0.2) is 59.7 Å². The fraction of sp³-hybridized carbons (Fsp3) is 0.650. The smallest absolute Gasteiger partial charge is 0.254 e. The number of benzene rings is 1. The van der Waals surface area contributed by atoms with E-state index in [0.717, 1.165) is 43.7 Å². The lowest BCUT2D eigenvalue weighted by Crippen LogP contribution is -2.57. The highest BCUT2D eigenvalue weighted by Crippen LogP contribution is 2.20. The highest BCUT2D eigenvalue weighted by molar-refractivity contribution is 7.80. The number of unbranched alkanes of at least 4 members (excludes halogenated alkanes) is 1. The van der Waals surface area contributed by atoms with E-state index in [0.29, 0.717) is 11.8 Å². The summed E-state index contributed by atoms with van der Waals surface area (Å²) >= 11 is 4.32. The van der Waals surface area contributed by atoms with Gasteiger partial charge in [0.1, 0.15) is 0 Å². The van der Waals surface area contributed by atoms with Gasteiger partial charge in [0.05, 0.1) is 0 Å². The van der Waals surface area contributed by atoms with E-state index >= 15 is 0 Å². The second-order valence-electron chi connectivity index (χ2n) is 7.23. The van der Waals surface area contributed by atoms with Crippen molar-refractivity contribution < 1.29 is 4.79 Å². The van der Waals surface area contributed by atoms with Crippen LogP contribution < -0.4 is 5.73 Å². The number of hydrogen-bond donors (Lipinski definition) is 2. The third-order valence-electron chi connectivity index (χ3n) is 5.32. The molecule has 0 bridgehead atoms. The summed E-state index contributed by atoms with van der Waals surface area (Å²) in [6, 6.07) is 6.48. The van der Waals surface area contributed by atoms with Crippen LogP contribution in [0.15, 0.2) is 18.2 Å². The van der Waals surface area contributed by atoms with E-state index in [1.54, 1.807) is 0 Å². The molecule has 1 aliphatic heterocycles. The van der Waals surface area contributed by atoms with Crippen molar-refractivity contribution in [1.82, 2.24) is 9.80 Å². The van der Waals surface area contributed by atoms with Crippen molar-refractivity contribution in [2.75, 3.05) is 31.9 Å². The van der Waals surface area contributed by atoms with Crippen LogP contribution in [0.3, 0.4) is 0 Å². The molecule has 0 radical (unpaired) electrons. The maximum absolute atomic E-state index is 13.0. The van der Waals surface area contributed by atoms with Gasteiger partial charge in [0.15, 0.2) is 0 Å². The Morgan fingerprint density at radius 2 is 2.12 bits per heavy atom. The van der Waals surface area contributed by atoms with Crippen LogP contribution in [0.1, 0.15) is 47.7 Å². The number of hydrogen-bond acceptors (Lipinski definition) is 4. The molecule has 1 amide bonds. The third kappa shape index (κ3) is 5.22. The van der Waals surface area contributed by atoms with E-state index in [1.807, 2.05) is 24.0 Å². The molecule has 1 heterocycles. The summed E-state index contributed by atoms with van der Waals surface area (Å²) in [6.45, 7) is 9.65. The van der Waals surface area contributed by atoms with Crippen molar-refractivity contribution in [3.8, 4) is 0 Å². The zero-order valence-corrected chi connectivity index (χ0v) is 16.8. The Labute approximate surface area is 158 Å². The SMILES string of the molecule is CCCCC1CN(C(=O)c2cccc(C)c2C)CCN1C[C@@H](N)CS. The summed E-state index contributed by atoms with van der Waals surface area (Å²) in [4.78, 5) is 17.5. The first-order chi connectivity index (χ1) is 12.0. The largest absolute Gasteiger partial charge is 0.336 e. The van der Waals surface area contributed by atoms with Crippen LogP contribution >= 0.6 is 12.6 Å². The van der Waals surface area contributed by atoms with E-state index in [1.165, 1.54) is 18.4 Å². The summed E-state index contributed by atoms with van der Waals surface area (Å²) in [5.41, 5.74) is 9.23. The molecule has 4 nitrogen and oxygen atoms in total. The van der Waals surface area contributed by atoms with Gasteiger partial charge < -0.3 is 10.6 Å². The van der Waals surface area contributed by atoms with Crippen LogP contribution in [0.25, 0.3) is 0 Å². The predicted molar refractivity (Wildman–Crippen MR) is 109 cm³/mol. The number of nitrogens with zero attached hydrogens (tertiary/aromatic N) is 2. The molecule has 0 spiro atoms. The average molecular weight is 364 g/mol. The van der Waals surface area contributed by atoms with Gasteiger partial charge in [-0.1, -0.05) is 31.9 Å². The molecule has 5 heteroatoms. The molecular formula is C20H33N3OS. The lowest BCUT2D eigenvalue weighted by Gasteiger charge is -2.42. The van der Waals surface area contributed by atoms with Crippen molar-refractivity contribution in [3.05, 3.63) is 34.9 Å². The molecule has 1 aromatic rings. The number of nitrogens with two attached hydrogens (primary N) is 1. The van der Waals surface area contributed by atoms with Crippen molar-refractivity contribution in [2.45, 2.75) is 52.1 Å². The normalized spacial score (nSPS) is 19.9. The van der Waals surface area contributed by atoms with E-state index < -0.39 is 0 Å². The molecule has 2 atom stereocenters. The van der Waals surface area contributed by atoms with Crippen molar-refractivity contribution >= 4 is 18.5 Å². The van der Waals surface area contributed by atoms with Crippen molar-refractivity contribution in [1.29, 1.82) is 0 Å². The minimum absolute atomic E-state index is 0.0914. The van der Waals surface area contributed by atoms with Crippen LogP contribution in [0.5, 0.6) is 0 Å². The van der Waals surface area contributed by atoms with Gasteiger partial charge in [0.2, 0.25) is 0 Å². The van der Waals surface area contributed by atoms with Crippen LogP contribution in [0, 0.1) is 13.8 Å². The number of aryl methyl sites for hydroxylation is 1. The van der Waals surface area contributed by atoms with E-state index in [-0.39, 0.29) is 11.9 Å². The summed E-state index contributed by atoms with van der Waals surface area (Å²) in [6.07, 6.45) is 3.48. The number of thiol groups is 1. The molecule has 140 valence electrons. The second kappa shape index (κ2) is 9.60. The highest BCUT2D eigenvalue weighted by atomic mass is 32.1. The first-order valence-electron chi connectivity index (χ1n) is 9.43. The van der Waals surface area contributed by atoms with Crippen molar-refractivity contribution in [2.24, 2.45) is 5.73 Å². The van der Waals surface area contributed by atoms with Gasteiger partial charge in [-0.05, 0) is 37.5 Å². The quantitative estimate of drug-likeness (QED) is 0.733. The fourth-order valence-corrected chi connectivity index (χ4v) is 3.66. The molecule has 0 aliphatic carbocycles. The van der Waals surface area contributed by atoms with Crippen molar-refractivity contribution in [3.63, 3.8) is 0 Å². The number of rotatable bonds is 7. The molecule has 1 saturated heterocycles. The van der Waals surface area contributed by atoms with E-state index in [2.05, 4.69) is 37.4 Å². The van der Waals surface area contributed by atoms with Gasteiger partial charge >= 0.3 is 0 Å². The van der Waals surface area contributed by atoms with Gasteiger partial charge in [0, 0.05) is 49.6 Å². The monoisotopic (exact) mass is 363 g/mol. The first kappa shape index (κ1) is 20.3. The maximum atomic E-state index is 13.0. The Morgan fingerprint density at radius 3 is 2.80 bits per heavy atom. The molecule has 1 aromatic carbocycles. The molecule has 2 N–H and O–H groups in total. The Hall–Kier alpha value is -1.04. The highest BCUT2D eigenvalue weighted by Gasteiger charge is 2.30. The topological polar surface area (TPSA) is 49.6 Å². The zero-order chi connectivity index (χ0) is 18.4. The zero-order valence-electron chi connectivity index (χ0n) is 15.9. The van der Waals surface area contributed by atoms with Gasteiger partial charge in [-0.25, -0.2) is 0 Å². The Kier molecular flexibility index (Phi) is 7.79. The molecule has 1 fully saturated rings. The third-order valence-corrected chi connectivity index (χ3v) is 5.79. The molecule has 25 heavy (non-hydrogen) atoms. The lowest BCUT2D eigenvalue weighted by atomic mass is 10.00. The lowest BCUT2D eigenvalue weighted by molar-refractivity contribution is 0.0447. The number of amides is 1. The van der Waals surface area contributed by atoms with E-state index in [9.17, 15) is 4.79 Å². The minimum Gasteiger partial charge on any atom is -0.336 e. The average Bonchev–Trinajstić information content (AvgIpc) is 2.62. The van der Waals surface area contributed by atoms with E-state index in [4.69, 9.17) is 5.73 Å². The van der Waals surface area contributed by atoms with Gasteiger partial charge in [0.25, 0.3) is 5.91 Å². The molecular weight excluding hydrogens is 330 g/mol. The Bertz CT molecular complexity index is 578. The molecule has 2 rings (SSSR count). The van der Waals surface area contributed by atoms with Crippen LogP contribution in [0.2, 0.25) is 0 Å². The predicted octanol–water partition coefficient (Wildman–Crippen LogP) is 2.88. The number of carbonyl (C=O) groups is 1. The minimum atomic E-state index is 0.0914. The Morgan fingerprint density at radius 1 is 1.36 bits per heavy atom.